The Bertz CT molecular complexity index is 302. The average Bonchev–Trinajstić information content (AvgIpc) is 2.28. The first-order chi connectivity index (χ1) is 8.04. The van der Waals surface area contributed by atoms with Gasteiger partial charge in [0.05, 0.1) is 6.61 Å². The van der Waals surface area contributed by atoms with Crippen LogP contribution in [0, 0.1) is 11.3 Å². The largest absolute Gasteiger partial charge is 0.377 e. The van der Waals surface area contributed by atoms with Crippen LogP contribution in [0.2, 0.25) is 0 Å². The van der Waals surface area contributed by atoms with Gasteiger partial charge in [0.15, 0.2) is 0 Å². The van der Waals surface area contributed by atoms with E-state index in [1.165, 1.54) is 5.56 Å². The fourth-order valence-electron chi connectivity index (χ4n) is 1.73. The van der Waals surface area contributed by atoms with Crippen LogP contribution in [0.1, 0.15) is 32.8 Å². The third kappa shape index (κ3) is 5.56. The van der Waals surface area contributed by atoms with Crippen LogP contribution in [0.3, 0.4) is 0 Å². The molecule has 1 atom stereocenters. The molecule has 1 unspecified atom stereocenters. The number of ether oxygens (including phenoxy) is 1. The van der Waals surface area contributed by atoms with Gasteiger partial charge in [-0.3, -0.25) is 0 Å². The first-order valence-electron chi connectivity index (χ1n) is 6.21. The molecule has 0 fully saturated rings. The predicted molar refractivity (Wildman–Crippen MR) is 74.4 cm³/mol. The Balaban J connectivity index is 2.24. The van der Waals surface area contributed by atoms with Gasteiger partial charge in [0, 0.05) is 12.5 Å². The maximum atomic E-state index is 5.99. The van der Waals surface area contributed by atoms with Gasteiger partial charge in [-0.1, -0.05) is 51.1 Å². The van der Waals surface area contributed by atoms with Gasteiger partial charge >= 0.3 is 0 Å². The topological polar surface area (TPSA) is 9.23 Å². The van der Waals surface area contributed by atoms with Crippen molar-refractivity contribution in [2.75, 3.05) is 12.5 Å². The van der Waals surface area contributed by atoms with Gasteiger partial charge in [0.1, 0.15) is 0 Å². The molecule has 0 saturated heterocycles. The number of hydrogen-bond donors (Lipinski definition) is 0. The van der Waals surface area contributed by atoms with E-state index in [9.17, 15) is 0 Å². The normalized spacial score (nSPS) is 13.6. The van der Waals surface area contributed by atoms with Gasteiger partial charge in [-0.25, -0.2) is 0 Å². The Morgan fingerprint density at radius 2 is 1.82 bits per heavy atom. The molecule has 0 heterocycles. The number of alkyl halides is 1. The molecule has 2 heteroatoms. The highest BCUT2D eigenvalue weighted by atomic mass is 35.5. The van der Waals surface area contributed by atoms with Crippen LogP contribution in [0.4, 0.5) is 0 Å². The summed E-state index contributed by atoms with van der Waals surface area (Å²) in [6.45, 7) is 8.18. The molecule has 0 spiro atoms. The van der Waals surface area contributed by atoms with Crippen LogP contribution in [0.15, 0.2) is 30.3 Å². The van der Waals surface area contributed by atoms with Crippen molar-refractivity contribution < 1.29 is 4.74 Å². The summed E-state index contributed by atoms with van der Waals surface area (Å²) in [4.78, 5) is 0. The monoisotopic (exact) mass is 254 g/mol. The zero-order valence-electron chi connectivity index (χ0n) is 11.1. The second-order valence-corrected chi connectivity index (χ2v) is 5.85. The third-order valence-corrected chi connectivity index (χ3v) is 3.51. The van der Waals surface area contributed by atoms with E-state index in [0.717, 1.165) is 13.0 Å². The van der Waals surface area contributed by atoms with E-state index in [1.807, 2.05) is 18.2 Å². The Kier molecular flexibility index (Phi) is 6.01. The molecule has 1 rings (SSSR count). The highest BCUT2D eigenvalue weighted by Crippen LogP contribution is 2.29. The maximum absolute atomic E-state index is 5.99. The van der Waals surface area contributed by atoms with Crippen molar-refractivity contribution in [2.24, 2.45) is 11.3 Å². The second-order valence-electron chi connectivity index (χ2n) is 5.54. The first-order valence-corrected chi connectivity index (χ1v) is 6.75. The summed E-state index contributed by atoms with van der Waals surface area (Å²) in [5.74, 6) is 1.22. The van der Waals surface area contributed by atoms with Crippen molar-refractivity contribution in [3.63, 3.8) is 0 Å². The quantitative estimate of drug-likeness (QED) is 0.537. The van der Waals surface area contributed by atoms with Crippen LogP contribution in [-0.2, 0) is 11.3 Å². The summed E-state index contributed by atoms with van der Waals surface area (Å²) in [7, 11) is 0. The van der Waals surface area contributed by atoms with E-state index >= 15 is 0 Å². The molecule has 0 aromatic heterocycles. The SMILES string of the molecule is CC(C)(C)C(CCl)CCOCc1ccccc1. The molecule has 0 aliphatic carbocycles. The minimum Gasteiger partial charge on any atom is -0.377 e. The van der Waals surface area contributed by atoms with Crippen LogP contribution < -0.4 is 0 Å². The van der Waals surface area contributed by atoms with E-state index in [4.69, 9.17) is 16.3 Å². The number of hydrogen-bond acceptors (Lipinski definition) is 1. The molecule has 17 heavy (non-hydrogen) atoms. The Labute approximate surface area is 110 Å². The van der Waals surface area contributed by atoms with E-state index < -0.39 is 0 Å². The van der Waals surface area contributed by atoms with Gasteiger partial charge in [-0.05, 0) is 23.3 Å². The number of rotatable bonds is 6. The summed E-state index contributed by atoms with van der Waals surface area (Å²) in [6.07, 6.45) is 1.03. The summed E-state index contributed by atoms with van der Waals surface area (Å²) in [6, 6.07) is 10.3. The minimum atomic E-state index is 0.262. The Hall–Kier alpha value is -0.530. The molecule has 0 amide bonds. The van der Waals surface area contributed by atoms with E-state index in [2.05, 4.69) is 32.9 Å². The lowest BCUT2D eigenvalue weighted by molar-refractivity contribution is 0.0921. The molecule has 0 bridgehead atoms. The van der Waals surface area contributed by atoms with Gasteiger partial charge in [-0.2, -0.15) is 0 Å². The van der Waals surface area contributed by atoms with Crippen LogP contribution >= 0.6 is 11.6 Å². The lowest BCUT2D eigenvalue weighted by atomic mass is 9.80. The van der Waals surface area contributed by atoms with E-state index in [1.54, 1.807) is 0 Å². The van der Waals surface area contributed by atoms with Gasteiger partial charge in [-0.15, -0.1) is 11.6 Å². The van der Waals surface area contributed by atoms with Crippen LogP contribution in [0.5, 0.6) is 0 Å². The van der Waals surface area contributed by atoms with Gasteiger partial charge < -0.3 is 4.74 Å². The molecule has 96 valence electrons. The van der Waals surface area contributed by atoms with E-state index in [0.29, 0.717) is 18.4 Å². The average molecular weight is 255 g/mol. The minimum absolute atomic E-state index is 0.262. The summed E-state index contributed by atoms with van der Waals surface area (Å²) in [5, 5.41) is 0. The molecular formula is C15H23ClO. The predicted octanol–water partition coefficient (Wildman–Crippen LogP) is 4.49. The van der Waals surface area contributed by atoms with E-state index in [-0.39, 0.29) is 5.41 Å². The summed E-state index contributed by atoms with van der Waals surface area (Å²) >= 11 is 5.99. The summed E-state index contributed by atoms with van der Waals surface area (Å²) < 4.78 is 5.69. The van der Waals surface area contributed by atoms with Crippen molar-refractivity contribution in [1.29, 1.82) is 0 Å². The Morgan fingerprint density at radius 1 is 1.18 bits per heavy atom. The van der Waals surface area contributed by atoms with Crippen molar-refractivity contribution in [2.45, 2.75) is 33.8 Å². The fraction of sp³-hybridized carbons (Fsp3) is 0.600. The third-order valence-electron chi connectivity index (χ3n) is 3.13. The molecule has 1 nitrogen and oxygen atoms in total. The van der Waals surface area contributed by atoms with Crippen LogP contribution in [0.25, 0.3) is 0 Å². The van der Waals surface area contributed by atoms with Crippen molar-refractivity contribution in [3.8, 4) is 0 Å². The van der Waals surface area contributed by atoms with Crippen molar-refractivity contribution >= 4 is 11.6 Å². The Morgan fingerprint density at radius 3 is 2.35 bits per heavy atom. The smallest absolute Gasteiger partial charge is 0.0716 e. The van der Waals surface area contributed by atoms with Gasteiger partial charge in [0.2, 0.25) is 0 Å². The molecule has 0 radical (unpaired) electrons. The zero-order valence-corrected chi connectivity index (χ0v) is 11.8. The van der Waals surface area contributed by atoms with Gasteiger partial charge in [0.25, 0.3) is 0 Å². The molecular weight excluding hydrogens is 232 g/mol. The van der Waals surface area contributed by atoms with Crippen molar-refractivity contribution in [3.05, 3.63) is 35.9 Å². The number of halogens is 1. The zero-order chi connectivity index (χ0) is 12.7. The molecule has 1 aromatic rings. The molecule has 0 aliphatic rings. The number of benzene rings is 1. The molecule has 1 aromatic carbocycles. The molecule has 0 aliphatic heterocycles. The first kappa shape index (κ1) is 14.5. The maximum Gasteiger partial charge on any atom is 0.0716 e. The van der Waals surface area contributed by atoms with Crippen LogP contribution in [-0.4, -0.2) is 12.5 Å². The highest BCUT2D eigenvalue weighted by molar-refractivity contribution is 6.18. The molecule has 0 saturated carbocycles. The second kappa shape index (κ2) is 7.03. The standard InChI is InChI=1S/C15H23ClO/c1-15(2,3)14(11-16)9-10-17-12-13-7-5-4-6-8-13/h4-8,14H,9-12H2,1-3H3. The lowest BCUT2D eigenvalue weighted by Gasteiger charge is -2.28. The lowest BCUT2D eigenvalue weighted by Crippen LogP contribution is -2.23. The molecule has 0 N–H and O–H groups in total. The highest BCUT2D eigenvalue weighted by Gasteiger charge is 2.23. The van der Waals surface area contributed by atoms with Crippen molar-refractivity contribution in [1.82, 2.24) is 0 Å². The fourth-order valence-corrected chi connectivity index (χ4v) is 2.35. The summed E-state index contributed by atoms with van der Waals surface area (Å²) in [5.41, 5.74) is 1.49.